The maximum Gasteiger partial charge on any atom is 0.317 e. The number of benzene rings is 1. The first-order valence-corrected chi connectivity index (χ1v) is 9.29. The molecule has 0 saturated heterocycles. The van der Waals surface area contributed by atoms with Gasteiger partial charge < -0.3 is 18.9 Å². The predicted molar refractivity (Wildman–Crippen MR) is 104 cm³/mol. The Morgan fingerprint density at radius 1 is 0.793 bits per heavy atom. The Kier molecular flexibility index (Phi) is 9.31. The van der Waals surface area contributed by atoms with Crippen LogP contribution in [0.15, 0.2) is 18.2 Å². The van der Waals surface area contributed by atoms with E-state index in [2.05, 4.69) is 0 Å². The monoisotopic (exact) mass is 408 g/mol. The Bertz CT molecular complexity index is 719. The molecule has 1 aromatic rings. The maximum atomic E-state index is 12.6. The van der Waals surface area contributed by atoms with Crippen molar-refractivity contribution >= 4 is 23.5 Å². The number of hydrogen-bond acceptors (Lipinski definition) is 8. The number of esters is 2. The van der Waals surface area contributed by atoms with Gasteiger partial charge in [0, 0.05) is 5.92 Å². The second-order valence-corrected chi connectivity index (χ2v) is 6.32. The molecule has 0 bridgehead atoms. The van der Waals surface area contributed by atoms with Crippen molar-refractivity contribution in [1.29, 1.82) is 0 Å². The third-order valence-electron chi connectivity index (χ3n) is 4.47. The summed E-state index contributed by atoms with van der Waals surface area (Å²) in [6, 6.07) is 4.69. The molecule has 0 aromatic heterocycles. The fraction of sp³-hybridized carbons (Fsp3) is 0.524. The van der Waals surface area contributed by atoms with E-state index in [9.17, 15) is 19.2 Å². The third-order valence-corrected chi connectivity index (χ3v) is 4.47. The van der Waals surface area contributed by atoms with Gasteiger partial charge in [-0.25, -0.2) is 0 Å². The van der Waals surface area contributed by atoms with Gasteiger partial charge in [0.2, 0.25) is 0 Å². The molecule has 1 rings (SSSR count). The van der Waals surface area contributed by atoms with E-state index in [-0.39, 0.29) is 13.2 Å². The van der Waals surface area contributed by atoms with E-state index in [1.165, 1.54) is 34.1 Å². The van der Waals surface area contributed by atoms with Gasteiger partial charge in [0.25, 0.3) is 0 Å². The molecule has 8 nitrogen and oxygen atoms in total. The first kappa shape index (κ1) is 24.1. The lowest BCUT2D eigenvalue weighted by Gasteiger charge is -2.29. The number of carbonyl (C=O) groups is 4. The lowest BCUT2D eigenvalue weighted by molar-refractivity contribution is -0.157. The molecule has 0 fully saturated rings. The van der Waals surface area contributed by atoms with Crippen molar-refractivity contribution < 1.29 is 38.1 Å². The SMILES string of the molecule is CCOC(=O)C(C(C)=O)C(c1ccc(OC)c(OC)c1)C(C(C)=O)C(=O)OCC. The highest BCUT2D eigenvalue weighted by atomic mass is 16.5. The van der Waals surface area contributed by atoms with Crippen LogP contribution in [0.5, 0.6) is 11.5 Å². The molecule has 29 heavy (non-hydrogen) atoms. The van der Waals surface area contributed by atoms with E-state index in [4.69, 9.17) is 18.9 Å². The second kappa shape index (κ2) is 11.2. The summed E-state index contributed by atoms with van der Waals surface area (Å²) in [4.78, 5) is 50.1. The van der Waals surface area contributed by atoms with Crippen LogP contribution in [0, 0.1) is 11.8 Å². The molecule has 2 atom stereocenters. The van der Waals surface area contributed by atoms with Crippen molar-refractivity contribution in [3.05, 3.63) is 23.8 Å². The van der Waals surface area contributed by atoms with Crippen LogP contribution in [0.2, 0.25) is 0 Å². The van der Waals surface area contributed by atoms with Crippen LogP contribution in [0.4, 0.5) is 0 Å². The molecule has 160 valence electrons. The van der Waals surface area contributed by atoms with Gasteiger partial charge in [-0.3, -0.25) is 19.2 Å². The van der Waals surface area contributed by atoms with E-state index in [1.807, 2.05) is 0 Å². The molecule has 2 unspecified atom stereocenters. The molecule has 0 heterocycles. The molecule has 0 aliphatic rings. The number of methoxy groups -OCH3 is 2. The summed E-state index contributed by atoms with van der Waals surface area (Å²) in [6.07, 6.45) is 0. The number of hydrogen-bond donors (Lipinski definition) is 0. The Hall–Kier alpha value is -2.90. The standard InChI is InChI=1S/C21H28O8/c1-7-28-20(24)17(12(3)22)19(18(13(4)23)21(25)29-8-2)14-9-10-15(26-5)16(11-14)27-6/h9-11,17-19H,7-8H2,1-6H3. The largest absolute Gasteiger partial charge is 0.493 e. The minimum atomic E-state index is -1.37. The summed E-state index contributed by atoms with van der Waals surface area (Å²) in [6.45, 7) is 5.74. The summed E-state index contributed by atoms with van der Waals surface area (Å²) in [7, 11) is 2.89. The quantitative estimate of drug-likeness (QED) is 0.406. The van der Waals surface area contributed by atoms with Crippen molar-refractivity contribution in [2.45, 2.75) is 33.6 Å². The smallest absolute Gasteiger partial charge is 0.317 e. The van der Waals surface area contributed by atoms with Gasteiger partial charge in [-0.1, -0.05) is 6.07 Å². The molecular formula is C21H28O8. The van der Waals surface area contributed by atoms with Crippen molar-refractivity contribution in [1.82, 2.24) is 0 Å². The average Bonchev–Trinajstić information content (AvgIpc) is 2.66. The summed E-state index contributed by atoms with van der Waals surface area (Å²) in [5.41, 5.74) is 0.379. The molecule has 0 radical (unpaired) electrons. The van der Waals surface area contributed by atoms with Crippen LogP contribution in [-0.4, -0.2) is 50.9 Å². The maximum absolute atomic E-state index is 12.6. The Morgan fingerprint density at radius 2 is 1.24 bits per heavy atom. The molecular weight excluding hydrogens is 380 g/mol. The first-order chi connectivity index (χ1) is 13.7. The van der Waals surface area contributed by atoms with Gasteiger partial charge in [0.05, 0.1) is 27.4 Å². The van der Waals surface area contributed by atoms with E-state index in [1.54, 1.807) is 26.0 Å². The topological polar surface area (TPSA) is 105 Å². The molecule has 8 heteroatoms. The van der Waals surface area contributed by atoms with Gasteiger partial charge in [-0.2, -0.15) is 0 Å². The van der Waals surface area contributed by atoms with Crippen LogP contribution in [0.25, 0.3) is 0 Å². The lowest BCUT2D eigenvalue weighted by atomic mass is 9.73. The van der Waals surface area contributed by atoms with E-state index in [0.717, 1.165) is 0 Å². The highest BCUT2D eigenvalue weighted by Crippen LogP contribution is 2.39. The average molecular weight is 408 g/mol. The Morgan fingerprint density at radius 3 is 1.59 bits per heavy atom. The molecule has 0 spiro atoms. The first-order valence-electron chi connectivity index (χ1n) is 9.29. The van der Waals surface area contributed by atoms with Crippen molar-refractivity contribution in [3.63, 3.8) is 0 Å². The highest BCUT2D eigenvalue weighted by molar-refractivity contribution is 6.04. The fourth-order valence-electron chi connectivity index (χ4n) is 3.23. The zero-order valence-corrected chi connectivity index (χ0v) is 17.6. The Labute approximate surface area is 170 Å². The number of ketones is 2. The van der Waals surface area contributed by atoms with Crippen LogP contribution >= 0.6 is 0 Å². The molecule has 0 saturated carbocycles. The van der Waals surface area contributed by atoms with Crippen LogP contribution in [-0.2, 0) is 28.7 Å². The van der Waals surface area contributed by atoms with Gasteiger partial charge in [-0.05, 0) is 45.4 Å². The molecule has 1 aromatic carbocycles. The lowest BCUT2D eigenvalue weighted by Crippen LogP contribution is -2.40. The number of rotatable bonds is 11. The van der Waals surface area contributed by atoms with E-state index in [0.29, 0.717) is 17.1 Å². The van der Waals surface area contributed by atoms with E-state index < -0.39 is 41.3 Å². The van der Waals surface area contributed by atoms with Crippen LogP contribution in [0.3, 0.4) is 0 Å². The minimum Gasteiger partial charge on any atom is -0.493 e. The van der Waals surface area contributed by atoms with Crippen LogP contribution in [0.1, 0.15) is 39.2 Å². The normalized spacial score (nSPS) is 13.6. The zero-order chi connectivity index (χ0) is 22.1. The second-order valence-electron chi connectivity index (χ2n) is 6.32. The fourth-order valence-corrected chi connectivity index (χ4v) is 3.23. The van der Waals surface area contributed by atoms with E-state index >= 15 is 0 Å². The zero-order valence-electron chi connectivity index (χ0n) is 17.6. The summed E-state index contributed by atoms with van der Waals surface area (Å²) in [5.74, 6) is -5.79. The summed E-state index contributed by atoms with van der Waals surface area (Å²) in [5, 5.41) is 0. The predicted octanol–water partition coefficient (Wildman–Crippen LogP) is 2.32. The molecule has 0 aliphatic carbocycles. The summed E-state index contributed by atoms with van der Waals surface area (Å²) >= 11 is 0. The van der Waals surface area contributed by atoms with Gasteiger partial charge in [0.15, 0.2) is 11.5 Å². The molecule has 0 amide bonds. The number of ether oxygens (including phenoxy) is 4. The van der Waals surface area contributed by atoms with Crippen LogP contribution < -0.4 is 9.47 Å². The minimum absolute atomic E-state index is 0.0470. The Balaban J connectivity index is 3.71. The van der Waals surface area contributed by atoms with Crippen molar-refractivity contribution in [2.24, 2.45) is 11.8 Å². The third kappa shape index (κ3) is 5.79. The van der Waals surface area contributed by atoms with Gasteiger partial charge in [0.1, 0.15) is 23.4 Å². The van der Waals surface area contributed by atoms with Gasteiger partial charge >= 0.3 is 11.9 Å². The van der Waals surface area contributed by atoms with Gasteiger partial charge in [-0.15, -0.1) is 0 Å². The molecule has 0 N–H and O–H groups in total. The summed E-state index contributed by atoms with van der Waals surface area (Å²) < 4.78 is 20.6. The van der Waals surface area contributed by atoms with Crippen molar-refractivity contribution in [3.8, 4) is 11.5 Å². The number of carbonyl (C=O) groups excluding carboxylic acids is 4. The number of Topliss-reactive ketones (excluding diaryl/α,β-unsaturated/α-hetero) is 2. The molecule has 0 aliphatic heterocycles. The van der Waals surface area contributed by atoms with Crippen molar-refractivity contribution in [2.75, 3.05) is 27.4 Å². The highest BCUT2D eigenvalue weighted by Gasteiger charge is 2.45.